The molecule has 6 rings (SSSR count). The summed E-state index contributed by atoms with van der Waals surface area (Å²) >= 11 is 0. The highest BCUT2D eigenvalue weighted by Gasteiger charge is 2.44. The van der Waals surface area contributed by atoms with Gasteiger partial charge in [0.25, 0.3) is 5.91 Å². The molecule has 1 amide bonds. The molecule has 1 aliphatic carbocycles. The van der Waals surface area contributed by atoms with Crippen molar-refractivity contribution in [1.29, 1.82) is 0 Å². The smallest absolute Gasteiger partial charge is 0.275 e. The van der Waals surface area contributed by atoms with Crippen molar-refractivity contribution in [2.45, 2.75) is 25.8 Å². The zero-order valence-corrected chi connectivity index (χ0v) is 17.3. The van der Waals surface area contributed by atoms with E-state index >= 15 is 0 Å². The highest BCUT2D eigenvalue weighted by atomic mass is 19.1. The summed E-state index contributed by atoms with van der Waals surface area (Å²) in [5, 5.41) is 2.69. The highest BCUT2D eigenvalue weighted by Crippen LogP contribution is 2.38. The molecule has 3 fully saturated rings. The van der Waals surface area contributed by atoms with E-state index in [1.165, 1.54) is 38.2 Å². The van der Waals surface area contributed by atoms with Crippen molar-refractivity contribution < 1.29 is 9.18 Å². The van der Waals surface area contributed by atoms with Crippen LogP contribution in [0.3, 0.4) is 0 Å². The van der Waals surface area contributed by atoms with Crippen LogP contribution < -0.4 is 10.2 Å². The van der Waals surface area contributed by atoms with E-state index in [0.29, 0.717) is 23.2 Å². The Morgan fingerprint density at radius 1 is 1.10 bits per heavy atom. The van der Waals surface area contributed by atoms with Crippen LogP contribution in [0.25, 0.3) is 5.65 Å². The van der Waals surface area contributed by atoms with Crippen molar-refractivity contribution in [2.75, 3.05) is 36.4 Å². The zero-order valence-electron chi connectivity index (χ0n) is 17.3. The number of aromatic nitrogens is 4. The van der Waals surface area contributed by atoms with E-state index in [4.69, 9.17) is 0 Å². The third-order valence-electron chi connectivity index (χ3n) is 6.66. The summed E-state index contributed by atoms with van der Waals surface area (Å²) in [7, 11) is 0. The maximum Gasteiger partial charge on any atom is 0.275 e. The number of pyridine rings is 1. The number of fused-ring (bicyclic) bond motifs is 2. The van der Waals surface area contributed by atoms with E-state index in [2.05, 4.69) is 30.1 Å². The van der Waals surface area contributed by atoms with E-state index < -0.39 is 11.7 Å². The normalized spacial score (nSPS) is 23.5. The van der Waals surface area contributed by atoms with Crippen LogP contribution in [0, 0.1) is 24.6 Å². The molecule has 1 N–H and O–H groups in total. The zero-order chi connectivity index (χ0) is 21.1. The van der Waals surface area contributed by atoms with Crippen LogP contribution in [-0.4, -0.2) is 62.4 Å². The molecule has 1 saturated carbocycles. The number of aryl methyl sites for hydroxylation is 1. The van der Waals surface area contributed by atoms with E-state index in [1.54, 1.807) is 29.9 Å². The Kier molecular flexibility index (Phi) is 4.21. The molecule has 2 atom stereocenters. The third kappa shape index (κ3) is 3.42. The summed E-state index contributed by atoms with van der Waals surface area (Å²) < 4.78 is 15.8. The SMILES string of the molecule is Cc1cn2cc(NC(=O)c3cnc(N4CC5CN(C6CC6)CC5C4)cn3)cc(F)c2n1. The number of rotatable bonds is 4. The molecule has 160 valence electrons. The summed E-state index contributed by atoms with van der Waals surface area (Å²) in [6.45, 7) is 6.17. The molecule has 0 aromatic carbocycles. The summed E-state index contributed by atoms with van der Waals surface area (Å²) in [5.41, 5.74) is 1.47. The van der Waals surface area contributed by atoms with Crippen LogP contribution in [0.4, 0.5) is 15.9 Å². The van der Waals surface area contributed by atoms with E-state index in [-0.39, 0.29) is 11.3 Å². The first-order chi connectivity index (χ1) is 15.0. The van der Waals surface area contributed by atoms with Crippen molar-refractivity contribution in [3.05, 3.63) is 48.1 Å². The van der Waals surface area contributed by atoms with Crippen LogP contribution in [-0.2, 0) is 0 Å². The minimum absolute atomic E-state index is 0.199. The van der Waals surface area contributed by atoms with E-state index in [1.807, 2.05) is 0 Å². The second-order valence-electron chi connectivity index (χ2n) is 9.01. The van der Waals surface area contributed by atoms with Crippen LogP contribution in [0.5, 0.6) is 0 Å². The van der Waals surface area contributed by atoms with Gasteiger partial charge in [-0.25, -0.2) is 19.3 Å². The molecular formula is C22H24FN7O. The Morgan fingerprint density at radius 2 is 1.87 bits per heavy atom. The number of carbonyl (C=O) groups excluding carboxylic acids is 1. The average Bonchev–Trinajstić information content (AvgIpc) is 3.23. The van der Waals surface area contributed by atoms with Crippen molar-refractivity contribution >= 4 is 23.1 Å². The molecule has 2 aliphatic heterocycles. The van der Waals surface area contributed by atoms with Gasteiger partial charge in [-0.05, 0) is 31.6 Å². The number of nitrogens with one attached hydrogen (secondary N) is 1. The standard InChI is InChI=1S/C22H24FN7O/c1-13-7-30-12-16(4-18(23)21(30)26-13)27-22(31)19-5-25-20(6-24-19)29-10-14-8-28(17-2-3-17)9-15(14)11-29/h4-7,12,14-15,17H,2-3,8-11H2,1H3,(H,27,31). The Labute approximate surface area is 179 Å². The Morgan fingerprint density at radius 3 is 2.55 bits per heavy atom. The molecule has 0 bridgehead atoms. The summed E-state index contributed by atoms with van der Waals surface area (Å²) in [6, 6.07) is 2.10. The number of halogens is 1. The van der Waals surface area contributed by atoms with Gasteiger partial charge >= 0.3 is 0 Å². The van der Waals surface area contributed by atoms with Gasteiger partial charge in [-0.15, -0.1) is 0 Å². The van der Waals surface area contributed by atoms with Crippen molar-refractivity contribution in [3.63, 3.8) is 0 Å². The van der Waals surface area contributed by atoms with Gasteiger partial charge in [-0.3, -0.25) is 9.69 Å². The van der Waals surface area contributed by atoms with Gasteiger partial charge in [0.05, 0.1) is 23.8 Å². The summed E-state index contributed by atoms with van der Waals surface area (Å²) in [4.78, 5) is 30.4. The fourth-order valence-corrected chi connectivity index (χ4v) is 5.00. The van der Waals surface area contributed by atoms with Gasteiger partial charge < -0.3 is 14.6 Å². The number of amides is 1. The maximum absolute atomic E-state index is 14.2. The molecule has 2 saturated heterocycles. The highest BCUT2D eigenvalue weighted by molar-refractivity contribution is 6.02. The van der Waals surface area contributed by atoms with Crippen LogP contribution in [0.2, 0.25) is 0 Å². The minimum Gasteiger partial charge on any atom is -0.355 e. The van der Waals surface area contributed by atoms with Gasteiger partial charge in [0.2, 0.25) is 0 Å². The fraction of sp³-hybridized carbons (Fsp3) is 0.455. The molecule has 9 heteroatoms. The number of carbonyl (C=O) groups is 1. The van der Waals surface area contributed by atoms with E-state index in [0.717, 1.165) is 24.9 Å². The molecule has 0 radical (unpaired) electrons. The predicted molar refractivity (Wildman–Crippen MR) is 114 cm³/mol. The topological polar surface area (TPSA) is 78.7 Å². The first-order valence-corrected chi connectivity index (χ1v) is 10.8. The van der Waals surface area contributed by atoms with Crippen LogP contribution in [0.1, 0.15) is 29.0 Å². The predicted octanol–water partition coefficient (Wildman–Crippen LogP) is 2.35. The largest absolute Gasteiger partial charge is 0.355 e. The van der Waals surface area contributed by atoms with Crippen molar-refractivity contribution in [1.82, 2.24) is 24.3 Å². The number of hydrogen-bond donors (Lipinski definition) is 1. The van der Waals surface area contributed by atoms with Gasteiger partial charge in [0.15, 0.2) is 11.5 Å². The lowest BCUT2D eigenvalue weighted by atomic mass is 10.0. The lowest BCUT2D eigenvalue weighted by molar-refractivity contribution is 0.102. The van der Waals surface area contributed by atoms with Crippen molar-refractivity contribution in [2.24, 2.45) is 11.8 Å². The van der Waals surface area contributed by atoms with E-state index in [9.17, 15) is 9.18 Å². The number of hydrogen-bond acceptors (Lipinski definition) is 6. The molecule has 5 heterocycles. The number of imidazole rings is 1. The summed E-state index contributed by atoms with van der Waals surface area (Å²) in [6.07, 6.45) is 9.22. The first kappa shape index (κ1) is 18.7. The van der Waals surface area contributed by atoms with Crippen LogP contribution in [0.15, 0.2) is 30.9 Å². The fourth-order valence-electron chi connectivity index (χ4n) is 5.00. The van der Waals surface area contributed by atoms with Crippen molar-refractivity contribution in [3.8, 4) is 0 Å². The van der Waals surface area contributed by atoms with Crippen LogP contribution >= 0.6 is 0 Å². The number of anilines is 2. The van der Waals surface area contributed by atoms with Gasteiger partial charge in [0, 0.05) is 50.7 Å². The molecule has 31 heavy (non-hydrogen) atoms. The number of likely N-dealkylation sites (tertiary alicyclic amines) is 1. The summed E-state index contributed by atoms with van der Waals surface area (Å²) in [5.74, 6) is 1.29. The molecule has 8 nitrogen and oxygen atoms in total. The minimum atomic E-state index is -0.493. The molecule has 3 aromatic rings. The van der Waals surface area contributed by atoms with Gasteiger partial charge in [0.1, 0.15) is 11.5 Å². The van der Waals surface area contributed by atoms with Gasteiger partial charge in [-0.2, -0.15) is 0 Å². The monoisotopic (exact) mass is 421 g/mol. The second kappa shape index (κ2) is 6.98. The quantitative estimate of drug-likeness (QED) is 0.697. The average molecular weight is 421 g/mol. The molecule has 0 spiro atoms. The Bertz CT molecular complexity index is 1140. The Balaban J connectivity index is 1.12. The first-order valence-electron chi connectivity index (χ1n) is 10.8. The lowest BCUT2D eigenvalue weighted by Crippen LogP contribution is -2.30. The third-order valence-corrected chi connectivity index (χ3v) is 6.66. The number of nitrogens with zero attached hydrogens (tertiary/aromatic N) is 6. The molecule has 3 aromatic heterocycles. The second-order valence-corrected chi connectivity index (χ2v) is 9.01. The lowest BCUT2D eigenvalue weighted by Gasteiger charge is -2.21. The Hall–Kier alpha value is -3.07. The van der Waals surface area contributed by atoms with Gasteiger partial charge in [-0.1, -0.05) is 0 Å². The maximum atomic E-state index is 14.2. The molecular weight excluding hydrogens is 397 g/mol. The molecule has 3 aliphatic rings. The molecule has 2 unspecified atom stereocenters.